The molecule has 2 N–H and O–H groups in total. The van der Waals surface area contributed by atoms with Crippen molar-refractivity contribution in [2.75, 3.05) is 5.06 Å². The summed E-state index contributed by atoms with van der Waals surface area (Å²) in [6.45, 7) is 0. The van der Waals surface area contributed by atoms with Crippen LogP contribution in [0.1, 0.15) is 10.4 Å². The van der Waals surface area contributed by atoms with Crippen molar-refractivity contribution >= 4 is 21.7 Å². The molecule has 2 aromatic rings. The van der Waals surface area contributed by atoms with Gasteiger partial charge in [-0.2, -0.15) is 13.5 Å². The van der Waals surface area contributed by atoms with Crippen LogP contribution in [0.2, 0.25) is 0 Å². The minimum Gasteiger partial charge on any atom is -0.282 e. The molecule has 0 unspecified atom stereocenters. The Labute approximate surface area is 115 Å². The Morgan fingerprint density at radius 1 is 1.00 bits per heavy atom. The Morgan fingerprint density at radius 3 is 2.25 bits per heavy atom. The van der Waals surface area contributed by atoms with Gasteiger partial charge in [0.25, 0.3) is 16.0 Å². The highest BCUT2D eigenvalue weighted by Gasteiger charge is 2.17. The van der Waals surface area contributed by atoms with Gasteiger partial charge in [-0.25, -0.2) is 0 Å². The zero-order valence-corrected chi connectivity index (χ0v) is 11.0. The molecule has 7 heteroatoms. The molecule has 2 aromatic carbocycles. The van der Waals surface area contributed by atoms with E-state index in [1.165, 1.54) is 24.3 Å². The lowest BCUT2D eigenvalue weighted by Crippen LogP contribution is -2.27. The van der Waals surface area contributed by atoms with E-state index in [2.05, 4.69) is 0 Å². The summed E-state index contributed by atoms with van der Waals surface area (Å²) in [4.78, 5) is 11.6. The highest BCUT2D eigenvalue weighted by molar-refractivity contribution is 7.85. The van der Waals surface area contributed by atoms with E-state index < -0.39 is 20.9 Å². The highest BCUT2D eigenvalue weighted by atomic mass is 32.2. The van der Waals surface area contributed by atoms with Gasteiger partial charge in [-0.3, -0.25) is 14.6 Å². The van der Waals surface area contributed by atoms with E-state index >= 15 is 0 Å². The molecule has 0 aliphatic rings. The summed E-state index contributed by atoms with van der Waals surface area (Å²) in [6.07, 6.45) is 0. The second kappa shape index (κ2) is 5.41. The minimum absolute atomic E-state index is 0.0611. The number of carbonyl (C=O) groups is 1. The van der Waals surface area contributed by atoms with Gasteiger partial charge in [0, 0.05) is 5.56 Å². The minimum atomic E-state index is -4.40. The van der Waals surface area contributed by atoms with Gasteiger partial charge in [0.15, 0.2) is 0 Å². The number of hydrogen-bond acceptors (Lipinski definition) is 4. The van der Waals surface area contributed by atoms with Crippen molar-refractivity contribution in [3.63, 3.8) is 0 Å². The fraction of sp³-hybridized carbons (Fsp3) is 0. The number of anilines is 1. The maximum atomic E-state index is 12.0. The molecule has 0 bridgehead atoms. The van der Waals surface area contributed by atoms with Gasteiger partial charge >= 0.3 is 0 Å². The molecular formula is C13H11NO5S. The van der Waals surface area contributed by atoms with Crippen LogP contribution in [0.15, 0.2) is 59.5 Å². The Balaban J connectivity index is 2.35. The number of benzene rings is 2. The molecule has 0 saturated carbocycles. The standard InChI is InChI=1S/C13H11NO5S/c15-13(10-5-2-1-3-6-10)14(16)11-7-4-8-12(9-11)20(17,18)19/h1-9,16H,(H,17,18,19). The van der Waals surface area contributed by atoms with Crippen LogP contribution in [-0.4, -0.2) is 24.1 Å². The Kier molecular flexibility index (Phi) is 3.84. The van der Waals surface area contributed by atoms with Gasteiger partial charge in [0.2, 0.25) is 0 Å². The Morgan fingerprint density at radius 2 is 1.65 bits per heavy atom. The van der Waals surface area contributed by atoms with Crippen molar-refractivity contribution in [1.82, 2.24) is 0 Å². The summed E-state index contributed by atoms with van der Waals surface area (Å²) in [7, 11) is -4.40. The van der Waals surface area contributed by atoms with Gasteiger partial charge in [-0.05, 0) is 30.3 Å². The van der Waals surface area contributed by atoms with Crippen LogP contribution in [0.3, 0.4) is 0 Å². The molecule has 0 spiro atoms. The monoisotopic (exact) mass is 293 g/mol. The molecule has 0 aromatic heterocycles. The first-order chi connectivity index (χ1) is 9.39. The molecule has 1 amide bonds. The van der Waals surface area contributed by atoms with Crippen LogP contribution in [0, 0.1) is 0 Å². The maximum Gasteiger partial charge on any atom is 0.294 e. The fourth-order valence-electron chi connectivity index (χ4n) is 1.60. The van der Waals surface area contributed by atoms with E-state index in [1.54, 1.807) is 18.2 Å². The maximum absolute atomic E-state index is 12.0. The lowest BCUT2D eigenvalue weighted by atomic mass is 10.2. The average molecular weight is 293 g/mol. The zero-order valence-electron chi connectivity index (χ0n) is 10.2. The molecule has 0 saturated heterocycles. The van der Waals surface area contributed by atoms with Crippen molar-refractivity contribution in [1.29, 1.82) is 0 Å². The van der Waals surface area contributed by atoms with Crippen LogP contribution < -0.4 is 5.06 Å². The third-order valence-electron chi connectivity index (χ3n) is 2.57. The zero-order chi connectivity index (χ0) is 14.8. The Bertz CT molecular complexity index is 727. The van der Waals surface area contributed by atoms with Crippen LogP contribution >= 0.6 is 0 Å². The topological polar surface area (TPSA) is 94.9 Å². The van der Waals surface area contributed by atoms with Crippen molar-refractivity contribution in [3.05, 3.63) is 60.2 Å². The third kappa shape index (κ3) is 3.02. The molecule has 0 aliphatic carbocycles. The highest BCUT2D eigenvalue weighted by Crippen LogP contribution is 2.19. The Hall–Kier alpha value is -2.22. The lowest BCUT2D eigenvalue weighted by Gasteiger charge is -2.15. The molecule has 0 heterocycles. The van der Waals surface area contributed by atoms with Crippen molar-refractivity contribution in [3.8, 4) is 0 Å². The van der Waals surface area contributed by atoms with Crippen molar-refractivity contribution < 1.29 is 23.0 Å². The molecule has 0 aliphatic heterocycles. The molecule has 104 valence electrons. The van der Waals surface area contributed by atoms with E-state index in [9.17, 15) is 18.4 Å². The third-order valence-corrected chi connectivity index (χ3v) is 3.42. The van der Waals surface area contributed by atoms with Crippen molar-refractivity contribution in [2.45, 2.75) is 4.90 Å². The van der Waals surface area contributed by atoms with Gasteiger partial charge in [0.05, 0.1) is 10.6 Å². The SMILES string of the molecule is O=C(c1ccccc1)N(O)c1cccc(S(=O)(=O)O)c1. The first-order valence-corrected chi connectivity index (χ1v) is 6.99. The van der Waals surface area contributed by atoms with Crippen LogP contribution in [0.25, 0.3) is 0 Å². The average Bonchev–Trinajstić information content (AvgIpc) is 2.46. The normalized spacial score (nSPS) is 11.1. The molecule has 0 radical (unpaired) electrons. The number of nitrogens with zero attached hydrogens (tertiary/aromatic N) is 1. The van der Waals surface area contributed by atoms with E-state index in [0.717, 1.165) is 12.1 Å². The quantitative estimate of drug-likeness (QED) is 0.512. The van der Waals surface area contributed by atoms with E-state index in [0.29, 0.717) is 5.06 Å². The first kappa shape index (κ1) is 14.2. The number of hydroxylamine groups is 1. The molecule has 20 heavy (non-hydrogen) atoms. The summed E-state index contributed by atoms with van der Waals surface area (Å²) >= 11 is 0. The number of rotatable bonds is 3. The molecule has 6 nitrogen and oxygen atoms in total. The van der Waals surface area contributed by atoms with Crippen LogP contribution in [0.4, 0.5) is 5.69 Å². The van der Waals surface area contributed by atoms with Gasteiger partial charge in [-0.15, -0.1) is 0 Å². The number of amides is 1. The summed E-state index contributed by atoms with van der Waals surface area (Å²) in [5.74, 6) is -0.710. The van der Waals surface area contributed by atoms with Crippen LogP contribution in [-0.2, 0) is 10.1 Å². The fourth-order valence-corrected chi connectivity index (χ4v) is 2.12. The lowest BCUT2D eigenvalue weighted by molar-refractivity contribution is 0.0854. The number of carbonyl (C=O) groups excluding carboxylic acids is 1. The van der Waals surface area contributed by atoms with Gasteiger partial charge < -0.3 is 0 Å². The summed E-state index contributed by atoms with van der Waals surface area (Å²) in [6, 6.07) is 12.8. The summed E-state index contributed by atoms with van der Waals surface area (Å²) in [5.41, 5.74) is 0.182. The first-order valence-electron chi connectivity index (χ1n) is 5.55. The second-order valence-corrected chi connectivity index (χ2v) is 5.38. The molecule has 0 fully saturated rings. The van der Waals surface area contributed by atoms with Crippen molar-refractivity contribution in [2.24, 2.45) is 0 Å². The predicted octanol–water partition coefficient (Wildman–Crippen LogP) is 1.97. The smallest absolute Gasteiger partial charge is 0.282 e. The van der Waals surface area contributed by atoms with E-state index in [1.807, 2.05) is 0 Å². The second-order valence-electron chi connectivity index (χ2n) is 3.96. The number of hydrogen-bond donors (Lipinski definition) is 2. The van der Waals surface area contributed by atoms with Gasteiger partial charge in [0.1, 0.15) is 0 Å². The molecular weight excluding hydrogens is 282 g/mol. The van der Waals surface area contributed by atoms with Gasteiger partial charge in [-0.1, -0.05) is 24.3 Å². The summed E-state index contributed by atoms with van der Waals surface area (Å²) < 4.78 is 31.0. The predicted molar refractivity (Wildman–Crippen MR) is 71.3 cm³/mol. The largest absolute Gasteiger partial charge is 0.294 e. The van der Waals surface area contributed by atoms with E-state index in [4.69, 9.17) is 4.55 Å². The van der Waals surface area contributed by atoms with E-state index in [-0.39, 0.29) is 11.3 Å². The summed E-state index contributed by atoms with van der Waals surface area (Å²) in [5, 5.41) is 10.2. The van der Waals surface area contributed by atoms with Crippen LogP contribution in [0.5, 0.6) is 0 Å². The molecule has 2 rings (SSSR count). The molecule has 0 atom stereocenters.